The Hall–Kier alpha value is -2.54. The molecule has 130 valence electrons. The number of rotatable bonds is 5. The molecule has 7 nitrogen and oxygen atoms in total. The van der Waals surface area contributed by atoms with Crippen LogP contribution in [0.1, 0.15) is 43.0 Å². The Morgan fingerprint density at radius 1 is 1.24 bits per heavy atom. The zero-order valence-electron chi connectivity index (χ0n) is 14.5. The molecule has 1 fully saturated rings. The molecule has 0 spiro atoms. The fourth-order valence-corrected chi connectivity index (χ4v) is 3.52. The predicted molar refractivity (Wildman–Crippen MR) is 94.4 cm³/mol. The lowest BCUT2D eigenvalue weighted by Gasteiger charge is -2.31. The lowest BCUT2D eigenvalue weighted by atomic mass is 9.95. The summed E-state index contributed by atoms with van der Waals surface area (Å²) in [6.07, 6.45) is 14.4. The molecule has 0 saturated carbocycles. The molecule has 3 aromatic rings. The Balaban J connectivity index is 1.52. The maximum Gasteiger partial charge on any atom is 0.156 e. The van der Waals surface area contributed by atoms with E-state index in [1.165, 1.54) is 6.42 Å². The SMILES string of the molecule is CCc1nccn1-c1cncc(C2CCCN(Cc3ncc[nH]3)C2)n1. The maximum atomic E-state index is 4.89. The van der Waals surface area contributed by atoms with Crippen LogP contribution in [0.15, 0.2) is 37.2 Å². The maximum absolute atomic E-state index is 4.89. The van der Waals surface area contributed by atoms with Crippen molar-refractivity contribution in [3.8, 4) is 5.82 Å². The third kappa shape index (κ3) is 3.46. The van der Waals surface area contributed by atoms with Gasteiger partial charge in [-0.05, 0) is 19.4 Å². The molecule has 25 heavy (non-hydrogen) atoms. The molecule has 4 rings (SSSR count). The van der Waals surface area contributed by atoms with Crippen molar-refractivity contribution in [2.24, 2.45) is 0 Å². The van der Waals surface area contributed by atoms with E-state index in [2.05, 4.69) is 31.8 Å². The van der Waals surface area contributed by atoms with Crippen molar-refractivity contribution in [1.82, 2.24) is 34.4 Å². The van der Waals surface area contributed by atoms with Crippen molar-refractivity contribution >= 4 is 0 Å². The minimum absolute atomic E-state index is 0.407. The largest absolute Gasteiger partial charge is 0.348 e. The van der Waals surface area contributed by atoms with E-state index in [9.17, 15) is 0 Å². The average molecular weight is 337 g/mol. The Kier molecular flexibility index (Phi) is 4.56. The van der Waals surface area contributed by atoms with Crippen LogP contribution in [0.25, 0.3) is 5.82 Å². The molecule has 0 amide bonds. The van der Waals surface area contributed by atoms with Crippen LogP contribution in [-0.2, 0) is 13.0 Å². The molecule has 1 unspecified atom stereocenters. The van der Waals surface area contributed by atoms with E-state index in [-0.39, 0.29) is 0 Å². The van der Waals surface area contributed by atoms with Crippen molar-refractivity contribution in [2.75, 3.05) is 13.1 Å². The van der Waals surface area contributed by atoms with Gasteiger partial charge in [0.2, 0.25) is 0 Å². The molecular weight excluding hydrogens is 314 g/mol. The highest BCUT2D eigenvalue weighted by atomic mass is 15.2. The highest BCUT2D eigenvalue weighted by molar-refractivity contribution is 5.24. The fraction of sp³-hybridized carbons (Fsp3) is 0.444. The van der Waals surface area contributed by atoms with Crippen molar-refractivity contribution in [2.45, 2.75) is 38.6 Å². The van der Waals surface area contributed by atoms with Gasteiger partial charge in [0, 0.05) is 49.9 Å². The second-order valence-corrected chi connectivity index (χ2v) is 6.48. The molecule has 1 aliphatic heterocycles. The number of aromatic nitrogens is 6. The van der Waals surface area contributed by atoms with E-state index < -0.39 is 0 Å². The van der Waals surface area contributed by atoms with Crippen LogP contribution in [0.2, 0.25) is 0 Å². The lowest BCUT2D eigenvalue weighted by Crippen LogP contribution is -2.34. The average Bonchev–Trinajstić information content (AvgIpc) is 3.33. The highest BCUT2D eigenvalue weighted by Crippen LogP contribution is 2.26. The molecule has 3 aromatic heterocycles. The molecule has 1 saturated heterocycles. The number of hydrogen-bond donors (Lipinski definition) is 1. The first-order valence-electron chi connectivity index (χ1n) is 8.88. The Morgan fingerprint density at radius 2 is 2.20 bits per heavy atom. The minimum atomic E-state index is 0.407. The summed E-state index contributed by atoms with van der Waals surface area (Å²) < 4.78 is 2.03. The van der Waals surface area contributed by atoms with Gasteiger partial charge in [-0.25, -0.2) is 15.0 Å². The Labute approximate surface area is 147 Å². The number of nitrogens with one attached hydrogen (secondary N) is 1. The zero-order chi connectivity index (χ0) is 17.1. The first-order valence-corrected chi connectivity index (χ1v) is 8.88. The monoisotopic (exact) mass is 337 g/mol. The van der Waals surface area contributed by atoms with Crippen LogP contribution < -0.4 is 0 Å². The number of likely N-dealkylation sites (tertiary alicyclic amines) is 1. The van der Waals surface area contributed by atoms with Crippen molar-refractivity contribution in [3.05, 3.63) is 54.5 Å². The lowest BCUT2D eigenvalue weighted by molar-refractivity contribution is 0.194. The first-order chi connectivity index (χ1) is 12.3. The van der Waals surface area contributed by atoms with E-state index in [4.69, 9.17) is 4.98 Å². The van der Waals surface area contributed by atoms with Gasteiger partial charge in [0.1, 0.15) is 11.6 Å². The van der Waals surface area contributed by atoms with Gasteiger partial charge in [-0.3, -0.25) is 14.5 Å². The molecule has 1 aliphatic rings. The topological polar surface area (TPSA) is 75.5 Å². The zero-order valence-corrected chi connectivity index (χ0v) is 14.5. The van der Waals surface area contributed by atoms with Gasteiger partial charge in [-0.1, -0.05) is 6.92 Å². The number of imidazole rings is 2. The van der Waals surface area contributed by atoms with Gasteiger partial charge in [0.25, 0.3) is 0 Å². The summed E-state index contributed by atoms with van der Waals surface area (Å²) in [5.41, 5.74) is 1.07. The molecule has 0 aliphatic carbocycles. The second kappa shape index (κ2) is 7.14. The molecule has 0 radical (unpaired) electrons. The number of nitrogens with zero attached hydrogens (tertiary/aromatic N) is 6. The number of H-pyrrole nitrogens is 1. The third-order valence-electron chi connectivity index (χ3n) is 4.77. The normalized spacial score (nSPS) is 18.5. The molecule has 0 aromatic carbocycles. The first kappa shape index (κ1) is 16.0. The van der Waals surface area contributed by atoms with Crippen LogP contribution >= 0.6 is 0 Å². The minimum Gasteiger partial charge on any atom is -0.348 e. The van der Waals surface area contributed by atoms with E-state index in [1.807, 2.05) is 41.7 Å². The predicted octanol–water partition coefficient (Wildman–Crippen LogP) is 2.33. The van der Waals surface area contributed by atoms with Crippen molar-refractivity contribution in [3.63, 3.8) is 0 Å². The Bertz CT molecular complexity index is 808. The van der Waals surface area contributed by atoms with Crippen molar-refractivity contribution < 1.29 is 0 Å². The van der Waals surface area contributed by atoms with Crippen LogP contribution in [-0.4, -0.2) is 47.5 Å². The number of piperidine rings is 1. The van der Waals surface area contributed by atoms with Gasteiger partial charge in [-0.15, -0.1) is 0 Å². The standard InChI is InChI=1S/C18H23N7/c1-2-17-22-7-9-25(17)18-11-19-10-15(23-18)14-4-3-8-24(12-14)13-16-20-5-6-21-16/h5-7,9-11,14H,2-4,8,12-13H2,1H3,(H,20,21). The van der Waals surface area contributed by atoms with Gasteiger partial charge < -0.3 is 4.98 Å². The van der Waals surface area contributed by atoms with Crippen molar-refractivity contribution in [1.29, 1.82) is 0 Å². The summed E-state index contributed by atoms with van der Waals surface area (Å²) in [6.45, 7) is 5.05. The fourth-order valence-electron chi connectivity index (χ4n) is 3.52. The molecular formula is C18H23N7. The van der Waals surface area contributed by atoms with Gasteiger partial charge in [-0.2, -0.15) is 0 Å². The smallest absolute Gasteiger partial charge is 0.156 e. The summed E-state index contributed by atoms with van der Waals surface area (Å²) in [7, 11) is 0. The van der Waals surface area contributed by atoms with Crippen LogP contribution in [0.4, 0.5) is 0 Å². The summed E-state index contributed by atoms with van der Waals surface area (Å²) in [4.78, 5) is 23.7. The molecule has 0 bridgehead atoms. The number of aromatic amines is 1. The number of hydrogen-bond acceptors (Lipinski definition) is 5. The third-order valence-corrected chi connectivity index (χ3v) is 4.77. The summed E-state index contributed by atoms with van der Waals surface area (Å²) in [5.74, 6) is 3.29. The molecule has 1 atom stereocenters. The molecule has 1 N–H and O–H groups in total. The summed E-state index contributed by atoms with van der Waals surface area (Å²) in [6, 6.07) is 0. The van der Waals surface area contributed by atoms with Gasteiger partial charge in [0.15, 0.2) is 5.82 Å². The van der Waals surface area contributed by atoms with Crippen LogP contribution in [0, 0.1) is 0 Å². The van der Waals surface area contributed by atoms with E-state index >= 15 is 0 Å². The van der Waals surface area contributed by atoms with E-state index in [0.717, 1.165) is 55.6 Å². The molecule has 7 heteroatoms. The second-order valence-electron chi connectivity index (χ2n) is 6.48. The summed E-state index contributed by atoms with van der Waals surface area (Å²) >= 11 is 0. The van der Waals surface area contributed by atoms with Gasteiger partial charge >= 0.3 is 0 Å². The van der Waals surface area contributed by atoms with E-state index in [1.54, 1.807) is 0 Å². The number of aryl methyl sites for hydroxylation is 1. The van der Waals surface area contributed by atoms with Gasteiger partial charge in [0.05, 0.1) is 18.4 Å². The molecule has 4 heterocycles. The van der Waals surface area contributed by atoms with Crippen LogP contribution in [0.3, 0.4) is 0 Å². The highest BCUT2D eigenvalue weighted by Gasteiger charge is 2.23. The summed E-state index contributed by atoms with van der Waals surface area (Å²) in [5, 5.41) is 0. The van der Waals surface area contributed by atoms with Crippen LogP contribution in [0.5, 0.6) is 0 Å². The quantitative estimate of drug-likeness (QED) is 0.773. The van der Waals surface area contributed by atoms with E-state index in [0.29, 0.717) is 5.92 Å². The Morgan fingerprint density at radius 3 is 3.04 bits per heavy atom.